The highest BCUT2D eigenvalue weighted by molar-refractivity contribution is 5.41. The second-order valence-corrected chi connectivity index (χ2v) is 3.92. The van der Waals surface area contributed by atoms with E-state index in [0.29, 0.717) is 13.1 Å². The van der Waals surface area contributed by atoms with E-state index in [4.69, 9.17) is 10.5 Å². The van der Waals surface area contributed by atoms with Crippen LogP contribution in [0.25, 0.3) is 0 Å². The molecule has 0 atom stereocenters. The molecule has 0 aliphatic carbocycles. The van der Waals surface area contributed by atoms with Crippen LogP contribution >= 0.6 is 0 Å². The topological polar surface area (TPSA) is 60.2 Å². The number of benzene rings is 1. The third kappa shape index (κ3) is 2.99. The van der Waals surface area contributed by atoms with E-state index in [0.717, 1.165) is 22.7 Å². The fourth-order valence-electron chi connectivity index (χ4n) is 1.73. The van der Waals surface area contributed by atoms with Gasteiger partial charge >= 0.3 is 0 Å². The van der Waals surface area contributed by atoms with Gasteiger partial charge in [-0.2, -0.15) is 0 Å². The number of anilines is 1. The number of nitrogens with two attached hydrogens (primary N) is 1. The minimum Gasteiger partial charge on any atom is -0.496 e. The third-order valence-corrected chi connectivity index (χ3v) is 2.71. The number of aromatic nitrogens is 1. The molecule has 2 aromatic rings. The Balaban J connectivity index is 2.06. The Morgan fingerprint density at radius 1 is 1.28 bits per heavy atom. The van der Waals surface area contributed by atoms with Gasteiger partial charge in [-0.1, -0.05) is 18.2 Å². The average molecular weight is 243 g/mol. The fraction of sp³-hybridized carbons (Fsp3) is 0.214. The summed E-state index contributed by atoms with van der Waals surface area (Å²) < 4.78 is 5.30. The van der Waals surface area contributed by atoms with Crippen LogP contribution < -0.4 is 15.8 Å². The average Bonchev–Trinajstić information content (AvgIpc) is 2.45. The van der Waals surface area contributed by atoms with E-state index in [-0.39, 0.29) is 0 Å². The van der Waals surface area contributed by atoms with Gasteiger partial charge in [-0.15, -0.1) is 0 Å². The van der Waals surface area contributed by atoms with Crippen molar-refractivity contribution in [1.29, 1.82) is 0 Å². The summed E-state index contributed by atoms with van der Waals surface area (Å²) in [5, 5.41) is 3.26. The molecule has 0 bridgehead atoms. The van der Waals surface area contributed by atoms with Crippen LogP contribution in [0.15, 0.2) is 42.6 Å². The van der Waals surface area contributed by atoms with E-state index in [9.17, 15) is 0 Å². The number of hydrogen-bond donors (Lipinski definition) is 2. The Hall–Kier alpha value is -2.07. The molecule has 3 N–H and O–H groups in total. The molecule has 0 saturated carbocycles. The van der Waals surface area contributed by atoms with Crippen molar-refractivity contribution in [2.75, 3.05) is 12.4 Å². The van der Waals surface area contributed by atoms with Gasteiger partial charge < -0.3 is 15.8 Å². The summed E-state index contributed by atoms with van der Waals surface area (Å²) in [6.45, 7) is 1.19. The Kier molecular flexibility index (Phi) is 4.15. The lowest BCUT2D eigenvalue weighted by Crippen LogP contribution is -2.04. The fourth-order valence-corrected chi connectivity index (χ4v) is 1.73. The highest BCUT2D eigenvalue weighted by atomic mass is 16.5. The number of ether oxygens (including phenoxy) is 1. The summed E-state index contributed by atoms with van der Waals surface area (Å²) in [5.74, 6) is 1.70. The minimum absolute atomic E-state index is 0.520. The first-order valence-corrected chi connectivity index (χ1v) is 5.84. The molecule has 94 valence electrons. The Labute approximate surface area is 107 Å². The lowest BCUT2D eigenvalue weighted by atomic mass is 10.2. The molecule has 0 aliphatic heterocycles. The Morgan fingerprint density at radius 3 is 2.89 bits per heavy atom. The SMILES string of the molecule is COc1ccccc1CNc1cc(CN)ccn1. The molecule has 0 fully saturated rings. The number of nitrogens with one attached hydrogen (secondary N) is 1. The Morgan fingerprint density at radius 2 is 2.11 bits per heavy atom. The van der Waals surface area contributed by atoms with Gasteiger partial charge in [-0.3, -0.25) is 0 Å². The summed E-state index contributed by atoms with van der Waals surface area (Å²) in [6.07, 6.45) is 1.76. The molecule has 4 nitrogen and oxygen atoms in total. The zero-order valence-corrected chi connectivity index (χ0v) is 10.4. The van der Waals surface area contributed by atoms with Gasteiger partial charge in [0.2, 0.25) is 0 Å². The van der Waals surface area contributed by atoms with Crippen LogP contribution in [0.5, 0.6) is 5.75 Å². The summed E-state index contributed by atoms with van der Waals surface area (Å²) in [5.41, 5.74) is 7.76. The molecule has 18 heavy (non-hydrogen) atoms. The lowest BCUT2D eigenvalue weighted by molar-refractivity contribution is 0.410. The van der Waals surface area contributed by atoms with E-state index in [1.807, 2.05) is 36.4 Å². The first-order valence-electron chi connectivity index (χ1n) is 5.84. The molecular formula is C14H17N3O. The van der Waals surface area contributed by atoms with Crippen LogP contribution in [0.2, 0.25) is 0 Å². The molecule has 0 saturated heterocycles. The van der Waals surface area contributed by atoms with Gasteiger partial charge in [-0.25, -0.2) is 4.98 Å². The molecule has 2 rings (SSSR count). The molecule has 0 aliphatic rings. The third-order valence-electron chi connectivity index (χ3n) is 2.71. The monoisotopic (exact) mass is 243 g/mol. The highest BCUT2D eigenvalue weighted by Gasteiger charge is 2.02. The van der Waals surface area contributed by atoms with Gasteiger partial charge in [0.15, 0.2) is 0 Å². The van der Waals surface area contributed by atoms with Crippen LogP contribution in [-0.4, -0.2) is 12.1 Å². The van der Waals surface area contributed by atoms with Gasteiger partial charge in [0.05, 0.1) is 7.11 Å². The predicted octanol–water partition coefficient (Wildman–Crippen LogP) is 2.16. The van der Waals surface area contributed by atoms with E-state index in [1.165, 1.54) is 0 Å². The summed E-state index contributed by atoms with van der Waals surface area (Å²) in [7, 11) is 1.67. The molecule has 1 aromatic carbocycles. The predicted molar refractivity (Wildman–Crippen MR) is 72.4 cm³/mol. The number of methoxy groups -OCH3 is 1. The van der Waals surface area contributed by atoms with Crippen molar-refractivity contribution in [1.82, 2.24) is 4.98 Å². The molecular weight excluding hydrogens is 226 g/mol. The molecule has 4 heteroatoms. The van der Waals surface area contributed by atoms with Crippen LogP contribution in [-0.2, 0) is 13.1 Å². The van der Waals surface area contributed by atoms with Crippen molar-refractivity contribution in [3.05, 3.63) is 53.7 Å². The largest absolute Gasteiger partial charge is 0.496 e. The second kappa shape index (κ2) is 6.02. The number of rotatable bonds is 5. The zero-order valence-electron chi connectivity index (χ0n) is 10.4. The first-order chi connectivity index (χ1) is 8.83. The summed E-state index contributed by atoms with van der Waals surface area (Å²) in [4.78, 5) is 4.25. The van der Waals surface area contributed by atoms with Crippen LogP contribution in [0.4, 0.5) is 5.82 Å². The highest BCUT2D eigenvalue weighted by Crippen LogP contribution is 2.18. The normalized spacial score (nSPS) is 10.1. The summed E-state index contributed by atoms with van der Waals surface area (Å²) >= 11 is 0. The Bertz CT molecular complexity index is 514. The summed E-state index contributed by atoms with van der Waals surface area (Å²) in [6, 6.07) is 11.8. The van der Waals surface area contributed by atoms with Crippen LogP contribution in [0.1, 0.15) is 11.1 Å². The van der Waals surface area contributed by atoms with Crippen molar-refractivity contribution in [2.45, 2.75) is 13.1 Å². The molecule has 0 unspecified atom stereocenters. The van der Waals surface area contributed by atoms with Gasteiger partial charge in [0, 0.05) is 24.8 Å². The standard InChI is InChI=1S/C14H17N3O/c1-18-13-5-3-2-4-12(13)10-17-14-8-11(9-15)6-7-16-14/h2-8H,9-10,15H2,1H3,(H,16,17). The van der Waals surface area contributed by atoms with Crippen LogP contribution in [0, 0.1) is 0 Å². The maximum absolute atomic E-state index is 5.60. The quantitative estimate of drug-likeness (QED) is 0.844. The van der Waals surface area contributed by atoms with E-state index < -0.39 is 0 Å². The molecule has 0 radical (unpaired) electrons. The van der Waals surface area contributed by atoms with Crippen molar-refractivity contribution in [3.8, 4) is 5.75 Å². The van der Waals surface area contributed by atoms with Gasteiger partial charge in [0.1, 0.15) is 11.6 Å². The van der Waals surface area contributed by atoms with E-state index in [2.05, 4.69) is 10.3 Å². The smallest absolute Gasteiger partial charge is 0.126 e. The van der Waals surface area contributed by atoms with Crippen LogP contribution in [0.3, 0.4) is 0 Å². The molecule has 1 heterocycles. The molecule has 1 aromatic heterocycles. The van der Waals surface area contributed by atoms with Gasteiger partial charge in [0.25, 0.3) is 0 Å². The maximum atomic E-state index is 5.60. The number of para-hydroxylation sites is 1. The minimum atomic E-state index is 0.520. The van der Waals surface area contributed by atoms with Crippen molar-refractivity contribution >= 4 is 5.82 Å². The molecule has 0 amide bonds. The second-order valence-electron chi connectivity index (χ2n) is 3.92. The van der Waals surface area contributed by atoms with Gasteiger partial charge in [-0.05, 0) is 23.8 Å². The number of pyridine rings is 1. The number of nitrogens with zero attached hydrogens (tertiary/aromatic N) is 1. The van der Waals surface area contributed by atoms with E-state index in [1.54, 1.807) is 13.3 Å². The number of hydrogen-bond acceptors (Lipinski definition) is 4. The van der Waals surface area contributed by atoms with E-state index >= 15 is 0 Å². The maximum Gasteiger partial charge on any atom is 0.126 e. The zero-order chi connectivity index (χ0) is 12.8. The first kappa shape index (κ1) is 12.4. The van der Waals surface area contributed by atoms with Crippen molar-refractivity contribution < 1.29 is 4.74 Å². The van der Waals surface area contributed by atoms with Crippen molar-refractivity contribution in [2.24, 2.45) is 5.73 Å². The van der Waals surface area contributed by atoms with Crippen molar-refractivity contribution in [3.63, 3.8) is 0 Å². The lowest BCUT2D eigenvalue weighted by Gasteiger charge is -2.10. The molecule has 0 spiro atoms.